The van der Waals surface area contributed by atoms with Crippen LogP contribution in [0.25, 0.3) is 0 Å². The summed E-state index contributed by atoms with van der Waals surface area (Å²) in [4.78, 5) is 14.9. The Morgan fingerprint density at radius 3 is 2.96 bits per heavy atom. The Balaban J connectivity index is 1.27. The first kappa shape index (κ1) is 16.2. The van der Waals surface area contributed by atoms with Crippen molar-refractivity contribution in [3.05, 3.63) is 65.2 Å². The fraction of sp³-hybridized carbons (Fsp3) is 0.381. The average Bonchev–Trinajstić information content (AvgIpc) is 3.29. The smallest absolute Gasteiger partial charge is 0.251 e. The van der Waals surface area contributed by atoms with E-state index in [9.17, 15) is 4.79 Å². The van der Waals surface area contributed by atoms with Crippen molar-refractivity contribution in [1.29, 1.82) is 0 Å². The number of likely N-dealkylation sites (tertiary alicyclic amines) is 1. The fourth-order valence-corrected chi connectivity index (χ4v) is 3.71. The summed E-state index contributed by atoms with van der Waals surface area (Å²) in [5, 5.41) is 3.10. The molecule has 1 N–H and O–H groups in total. The van der Waals surface area contributed by atoms with E-state index in [1.807, 2.05) is 18.2 Å². The lowest BCUT2D eigenvalue weighted by atomic mass is 10.1. The van der Waals surface area contributed by atoms with E-state index in [1.54, 1.807) is 0 Å². The zero-order valence-corrected chi connectivity index (χ0v) is 14.4. The zero-order chi connectivity index (χ0) is 17.1. The Morgan fingerprint density at radius 1 is 1.20 bits per heavy atom. The van der Waals surface area contributed by atoms with Crippen molar-refractivity contribution in [2.45, 2.75) is 19.4 Å². The SMILES string of the molecule is O=C(NCC1CCN(Cc2ccccc2)C1)c1ccc2c(c1)OCC2. The van der Waals surface area contributed by atoms with Gasteiger partial charge in [-0.15, -0.1) is 0 Å². The van der Waals surface area contributed by atoms with Crippen LogP contribution in [-0.4, -0.2) is 37.0 Å². The van der Waals surface area contributed by atoms with Gasteiger partial charge < -0.3 is 10.1 Å². The molecule has 0 saturated carbocycles. The number of hydrogen-bond donors (Lipinski definition) is 1. The Hall–Kier alpha value is -2.33. The highest BCUT2D eigenvalue weighted by molar-refractivity contribution is 5.94. The van der Waals surface area contributed by atoms with E-state index in [0.29, 0.717) is 11.5 Å². The molecule has 4 heteroatoms. The molecule has 1 unspecified atom stereocenters. The van der Waals surface area contributed by atoms with Gasteiger partial charge in [0.25, 0.3) is 5.91 Å². The number of nitrogens with zero attached hydrogens (tertiary/aromatic N) is 1. The minimum atomic E-state index is -0.000177. The number of nitrogens with one attached hydrogen (secondary N) is 1. The number of ether oxygens (including phenoxy) is 1. The maximum Gasteiger partial charge on any atom is 0.251 e. The maximum atomic E-state index is 12.4. The molecule has 0 aliphatic carbocycles. The van der Waals surface area contributed by atoms with Crippen LogP contribution >= 0.6 is 0 Å². The predicted octanol–water partition coefficient (Wildman–Crippen LogP) is 2.87. The van der Waals surface area contributed by atoms with Crippen LogP contribution in [0, 0.1) is 5.92 Å². The summed E-state index contributed by atoms with van der Waals surface area (Å²) < 4.78 is 5.55. The van der Waals surface area contributed by atoms with Gasteiger partial charge in [-0.3, -0.25) is 9.69 Å². The quantitative estimate of drug-likeness (QED) is 0.913. The Labute approximate surface area is 148 Å². The monoisotopic (exact) mass is 336 g/mol. The largest absolute Gasteiger partial charge is 0.493 e. The number of amides is 1. The van der Waals surface area contributed by atoms with Crippen LogP contribution in [0.2, 0.25) is 0 Å². The van der Waals surface area contributed by atoms with Gasteiger partial charge in [0.15, 0.2) is 0 Å². The second kappa shape index (κ2) is 7.28. The molecule has 25 heavy (non-hydrogen) atoms. The zero-order valence-electron chi connectivity index (χ0n) is 14.4. The lowest BCUT2D eigenvalue weighted by Gasteiger charge is -2.16. The molecule has 1 amide bonds. The third-order valence-electron chi connectivity index (χ3n) is 5.13. The van der Waals surface area contributed by atoms with Crippen LogP contribution in [0.3, 0.4) is 0 Å². The number of carbonyl (C=O) groups is 1. The highest BCUT2D eigenvalue weighted by atomic mass is 16.5. The number of hydrogen-bond acceptors (Lipinski definition) is 3. The number of benzene rings is 2. The first-order valence-electron chi connectivity index (χ1n) is 9.08. The van der Waals surface area contributed by atoms with Gasteiger partial charge in [-0.05, 0) is 42.1 Å². The summed E-state index contributed by atoms with van der Waals surface area (Å²) in [5.41, 5.74) is 3.24. The van der Waals surface area contributed by atoms with Crippen molar-refractivity contribution >= 4 is 5.91 Å². The van der Waals surface area contributed by atoms with Crippen LogP contribution in [-0.2, 0) is 13.0 Å². The molecule has 2 aliphatic rings. The molecule has 4 rings (SSSR count). The number of fused-ring (bicyclic) bond motifs is 1. The van der Waals surface area contributed by atoms with Gasteiger partial charge in [0.2, 0.25) is 0 Å². The molecule has 0 bridgehead atoms. The number of rotatable bonds is 5. The second-order valence-corrected chi connectivity index (χ2v) is 7.01. The third kappa shape index (κ3) is 3.85. The lowest BCUT2D eigenvalue weighted by Crippen LogP contribution is -2.31. The van der Waals surface area contributed by atoms with E-state index in [4.69, 9.17) is 4.74 Å². The fourth-order valence-electron chi connectivity index (χ4n) is 3.71. The van der Waals surface area contributed by atoms with E-state index in [0.717, 1.165) is 51.4 Å². The van der Waals surface area contributed by atoms with Gasteiger partial charge >= 0.3 is 0 Å². The van der Waals surface area contributed by atoms with Gasteiger partial charge in [0, 0.05) is 31.6 Å². The van der Waals surface area contributed by atoms with E-state index in [2.05, 4.69) is 40.5 Å². The van der Waals surface area contributed by atoms with Crippen LogP contribution in [0.5, 0.6) is 5.75 Å². The first-order chi connectivity index (χ1) is 12.3. The van der Waals surface area contributed by atoms with Crippen LogP contribution in [0.1, 0.15) is 27.9 Å². The molecule has 2 aromatic carbocycles. The summed E-state index contributed by atoms with van der Waals surface area (Å²) in [6, 6.07) is 16.3. The Bertz CT molecular complexity index is 745. The molecule has 130 valence electrons. The lowest BCUT2D eigenvalue weighted by molar-refractivity contribution is 0.0947. The predicted molar refractivity (Wildman–Crippen MR) is 97.8 cm³/mol. The molecule has 2 aromatic rings. The van der Waals surface area contributed by atoms with Gasteiger partial charge in [-0.1, -0.05) is 36.4 Å². The summed E-state index contributed by atoms with van der Waals surface area (Å²) in [5.74, 6) is 1.39. The van der Waals surface area contributed by atoms with Crippen LogP contribution in [0.4, 0.5) is 0 Å². The molecule has 4 nitrogen and oxygen atoms in total. The second-order valence-electron chi connectivity index (χ2n) is 7.01. The van der Waals surface area contributed by atoms with Gasteiger partial charge in [-0.2, -0.15) is 0 Å². The first-order valence-corrected chi connectivity index (χ1v) is 9.08. The van der Waals surface area contributed by atoms with E-state index in [-0.39, 0.29) is 5.91 Å². The highest BCUT2D eigenvalue weighted by Gasteiger charge is 2.23. The summed E-state index contributed by atoms with van der Waals surface area (Å²) in [6.45, 7) is 4.60. The van der Waals surface area contributed by atoms with E-state index in [1.165, 1.54) is 11.1 Å². The van der Waals surface area contributed by atoms with Gasteiger partial charge in [-0.25, -0.2) is 0 Å². The van der Waals surface area contributed by atoms with Gasteiger partial charge in [0.05, 0.1) is 6.61 Å². The molecule has 1 fully saturated rings. The van der Waals surface area contributed by atoms with Crippen molar-refractivity contribution < 1.29 is 9.53 Å². The van der Waals surface area contributed by atoms with Crippen LogP contribution < -0.4 is 10.1 Å². The van der Waals surface area contributed by atoms with Crippen LogP contribution in [0.15, 0.2) is 48.5 Å². The highest BCUT2D eigenvalue weighted by Crippen LogP contribution is 2.26. The third-order valence-corrected chi connectivity index (χ3v) is 5.13. The normalized spacial score (nSPS) is 19.4. The molecular weight excluding hydrogens is 312 g/mol. The molecule has 0 spiro atoms. The Kier molecular flexibility index (Phi) is 4.70. The maximum absolute atomic E-state index is 12.4. The van der Waals surface area contributed by atoms with Crippen molar-refractivity contribution in [2.24, 2.45) is 5.92 Å². The van der Waals surface area contributed by atoms with Crippen molar-refractivity contribution in [2.75, 3.05) is 26.2 Å². The van der Waals surface area contributed by atoms with Gasteiger partial charge in [0.1, 0.15) is 5.75 Å². The standard InChI is InChI=1S/C21H24N2O2/c24-21(19-7-6-18-9-11-25-20(18)12-19)22-13-17-8-10-23(15-17)14-16-4-2-1-3-5-16/h1-7,12,17H,8-11,13-15H2,(H,22,24). The van der Waals surface area contributed by atoms with E-state index >= 15 is 0 Å². The summed E-state index contributed by atoms with van der Waals surface area (Å²) >= 11 is 0. The molecule has 1 atom stereocenters. The molecule has 1 saturated heterocycles. The van der Waals surface area contributed by atoms with Crippen molar-refractivity contribution in [1.82, 2.24) is 10.2 Å². The number of carbonyl (C=O) groups excluding carboxylic acids is 1. The molecule has 0 aromatic heterocycles. The minimum absolute atomic E-state index is 0.000177. The van der Waals surface area contributed by atoms with Crippen molar-refractivity contribution in [3.8, 4) is 5.75 Å². The molecular formula is C21H24N2O2. The topological polar surface area (TPSA) is 41.6 Å². The molecule has 2 aliphatic heterocycles. The molecule has 2 heterocycles. The minimum Gasteiger partial charge on any atom is -0.493 e. The molecule has 0 radical (unpaired) electrons. The summed E-state index contributed by atoms with van der Waals surface area (Å²) in [6.07, 6.45) is 2.08. The Morgan fingerprint density at radius 2 is 2.08 bits per heavy atom. The average molecular weight is 336 g/mol. The van der Waals surface area contributed by atoms with Crippen molar-refractivity contribution in [3.63, 3.8) is 0 Å². The summed E-state index contributed by atoms with van der Waals surface area (Å²) in [7, 11) is 0. The van der Waals surface area contributed by atoms with E-state index < -0.39 is 0 Å².